The Morgan fingerprint density at radius 3 is 2.44 bits per heavy atom. The van der Waals surface area contributed by atoms with Gasteiger partial charge in [0.15, 0.2) is 0 Å². The predicted molar refractivity (Wildman–Crippen MR) is 64.8 cm³/mol. The van der Waals surface area contributed by atoms with E-state index in [1.54, 1.807) is 24.5 Å². The molecule has 4 heteroatoms. The molecule has 2 rings (SSSR count). The van der Waals surface area contributed by atoms with Crippen molar-refractivity contribution in [3.8, 4) is 11.1 Å². The zero-order chi connectivity index (χ0) is 10.7. The number of nitrogens with zero attached hydrogens (tertiary/aromatic N) is 1. The van der Waals surface area contributed by atoms with E-state index >= 15 is 0 Å². The third-order valence-corrected chi connectivity index (χ3v) is 2.28. The Morgan fingerprint density at radius 2 is 1.81 bits per heavy atom. The van der Waals surface area contributed by atoms with Crippen molar-refractivity contribution >= 4 is 12.4 Å². The first-order valence-electron chi connectivity index (χ1n) is 4.70. The van der Waals surface area contributed by atoms with Gasteiger partial charge in [-0.2, -0.15) is 0 Å². The Labute approximate surface area is 99.7 Å². The van der Waals surface area contributed by atoms with Crippen molar-refractivity contribution in [1.82, 2.24) is 4.98 Å². The van der Waals surface area contributed by atoms with Crippen molar-refractivity contribution in [2.45, 2.75) is 6.54 Å². The van der Waals surface area contributed by atoms with Crippen molar-refractivity contribution in [3.63, 3.8) is 0 Å². The molecule has 0 aliphatic rings. The van der Waals surface area contributed by atoms with Gasteiger partial charge in [-0.3, -0.25) is 4.98 Å². The molecule has 1 aromatic heterocycles. The number of pyridine rings is 1. The van der Waals surface area contributed by atoms with Crippen molar-refractivity contribution in [2.75, 3.05) is 0 Å². The average Bonchev–Trinajstić information content (AvgIpc) is 2.30. The van der Waals surface area contributed by atoms with Gasteiger partial charge >= 0.3 is 0 Å². The highest BCUT2D eigenvalue weighted by Gasteiger charge is 2.03. The van der Waals surface area contributed by atoms with Gasteiger partial charge < -0.3 is 5.73 Å². The fourth-order valence-electron chi connectivity index (χ4n) is 1.50. The van der Waals surface area contributed by atoms with E-state index in [-0.39, 0.29) is 18.2 Å². The summed E-state index contributed by atoms with van der Waals surface area (Å²) in [5, 5.41) is 0. The second-order valence-corrected chi connectivity index (χ2v) is 3.24. The summed E-state index contributed by atoms with van der Waals surface area (Å²) in [4.78, 5) is 4.01. The van der Waals surface area contributed by atoms with E-state index < -0.39 is 0 Å². The molecule has 0 aliphatic carbocycles. The molecule has 16 heavy (non-hydrogen) atoms. The Balaban J connectivity index is 0.00000128. The van der Waals surface area contributed by atoms with E-state index in [1.165, 1.54) is 12.1 Å². The summed E-state index contributed by atoms with van der Waals surface area (Å²) >= 11 is 0. The molecule has 0 spiro atoms. The van der Waals surface area contributed by atoms with E-state index in [1.807, 2.05) is 6.07 Å². The summed E-state index contributed by atoms with van der Waals surface area (Å²) in [6.45, 7) is 0.431. The lowest BCUT2D eigenvalue weighted by atomic mass is 10.0. The molecule has 1 aromatic carbocycles. The van der Waals surface area contributed by atoms with Gasteiger partial charge in [0.2, 0.25) is 0 Å². The van der Waals surface area contributed by atoms with Crippen LogP contribution in [0, 0.1) is 5.82 Å². The molecule has 0 bridgehead atoms. The maximum atomic E-state index is 12.7. The second kappa shape index (κ2) is 5.58. The lowest BCUT2D eigenvalue weighted by Crippen LogP contribution is -1.99. The minimum atomic E-state index is -0.234. The Kier molecular flexibility index (Phi) is 4.40. The third kappa shape index (κ3) is 2.56. The molecule has 0 radical (unpaired) electrons. The van der Waals surface area contributed by atoms with Crippen LogP contribution in [0.15, 0.2) is 42.7 Å². The maximum Gasteiger partial charge on any atom is 0.123 e. The lowest BCUT2D eigenvalue weighted by molar-refractivity contribution is 0.628. The normalized spacial score (nSPS) is 9.62. The highest BCUT2D eigenvalue weighted by atomic mass is 35.5. The second-order valence-electron chi connectivity index (χ2n) is 3.24. The predicted octanol–water partition coefficient (Wildman–Crippen LogP) is 2.77. The molecule has 0 fully saturated rings. The van der Waals surface area contributed by atoms with E-state index in [2.05, 4.69) is 4.98 Å². The quantitative estimate of drug-likeness (QED) is 0.874. The summed E-state index contributed by atoms with van der Waals surface area (Å²) < 4.78 is 12.7. The molecule has 0 saturated heterocycles. The van der Waals surface area contributed by atoms with Crippen LogP contribution in [0.1, 0.15) is 5.56 Å². The number of benzene rings is 1. The van der Waals surface area contributed by atoms with Crippen molar-refractivity contribution < 1.29 is 4.39 Å². The van der Waals surface area contributed by atoms with Crippen LogP contribution in [-0.2, 0) is 6.54 Å². The molecule has 2 aromatic rings. The Bertz CT molecular complexity index is 457. The van der Waals surface area contributed by atoms with Crippen molar-refractivity contribution in [2.24, 2.45) is 5.73 Å². The molecule has 2 nitrogen and oxygen atoms in total. The number of hydrogen-bond acceptors (Lipinski definition) is 2. The Morgan fingerprint density at radius 1 is 1.12 bits per heavy atom. The van der Waals surface area contributed by atoms with Crippen LogP contribution in [0.5, 0.6) is 0 Å². The van der Waals surface area contributed by atoms with Crippen LogP contribution < -0.4 is 5.73 Å². The van der Waals surface area contributed by atoms with E-state index in [0.717, 1.165) is 16.7 Å². The Hall–Kier alpha value is -1.45. The van der Waals surface area contributed by atoms with Gasteiger partial charge in [-0.05, 0) is 34.9 Å². The number of rotatable bonds is 2. The minimum Gasteiger partial charge on any atom is -0.326 e. The SMILES string of the molecule is Cl.NCc1cnccc1-c1ccc(F)cc1. The van der Waals surface area contributed by atoms with Crippen LogP contribution in [0.4, 0.5) is 4.39 Å². The van der Waals surface area contributed by atoms with Crippen LogP contribution in [0.3, 0.4) is 0 Å². The zero-order valence-electron chi connectivity index (χ0n) is 8.56. The summed E-state index contributed by atoms with van der Waals surface area (Å²) in [5.74, 6) is -0.234. The lowest BCUT2D eigenvalue weighted by Gasteiger charge is -2.06. The molecule has 84 valence electrons. The maximum absolute atomic E-state index is 12.7. The van der Waals surface area contributed by atoms with Gasteiger partial charge in [-0.15, -0.1) is 12.4 Å². The molecule has 0 amide bonds. The van der Waals surface area contributed by atoms with Gasteiger partial charge in [-0.25, -0.2) is 4.39 Å². The molecule has 0 unspecified atom stereocenters. The van der Waals surface area contributed by atoms with Gasteiger partial charge in [0.25, 0.3) is 0 Å². The van der Waals surface area contributed by atoms with E-state index in [4.69, 9.17) is 5.73 Å². The van der Waals surface area contributed by atoms with Crippen LogP contribution >= 0.6 is 12.4 Å². The average molecular weight is 239 g/mol. The van der Waals surface area contributed by atoms with Crippen LogP contribution in [0.2, 0.25) is 0 Å². The van der Waals surface area contributed by atoms with Crippen LogP contribution in [-0.4, -0.2) is 4.98 Å². The molecule has 0 saturated carbocycles. The van der Waals surface area contributed by atoms with Crippen molar-refractivity contribution in [1.29, 1.82) is 0 Å². The zero-order valence-corrected chi connectivity index (χ0v) is 9.38. The highest BCUT2D eigenvalue weighted by molar-refractivity contribution is 5.85. The first-order chi connectivity index (χ1) is 7.31. The molecule has 1 heterocycles. The number of nitrogens with two attached hydrogens (primary N) is 1. The summed E-state index contributed by atoms with van der Waals surface area (Å²) in [7, 11) is 0. The molecule has 2 N–H and O–H groups in total. The standard InChI is InChI=1S/C12H11FN2.ClH/c13-11-3-1-9(2-4-11)12-5-6-15-8-10(12)7-14;/h1-6,8H,7,14H2;1H. The third-order valence-electron chi connectivity index (χ3n) is 2.28. The first-order valence-corrected chi connectivity index (χ1v) is 4.70. The fraction of sp³-hybridized carbons (Fsp3) is 0.0833. The van der Waals surface area contributed by atoms with Gasteiger partial charge in [0.05, 0.1) is 0 Å². The summed E-state index contributed by atoms with van der Waals surface area (Å²) in [6, 6.07) is 8.25. The number of aromatic nitrogens is 1. The molecular weight excluding hydrogens is 227 g/mol. The minimum absolute atomic E-state index is 0. The molecule has 0 aliphatic heterocycles. The smallest absolute Gasteiger partial charge is 0.123 e. The van der Waals surface area contributed by atoms with Crippen molar-refractivity contribution in [3.05, 3.63) is 54.1 Å². The van der Waals surface area contributed by atoms with Gasteiger partial charge in [-0.1, -0.05) is 12.1 Å². The summed E-state index contributed by atoms with van der Waals surface area (Å²) in [6.07, 6.45) is 3.44. The van der Waals surface area contributed by atoms with Gasteiger partial charge in [0, 0.05) is 18.9 Å². The fourth-order valence-corrected chi connectivity index (χ4v) is 1.50. The van der Waals surface area contributed by atoms with Crippen LogP contribution in [0.25, 0.3) is 11.1 Å². The number of halogens is 2. The summed E-state index contributed by atoms with van der Waals surface area (Å²) in [5.41, 5.74) is 8.53. The topological polar surface area (TPSA) is 38.9 Å². The van der Waals surface area contributed by atoms with E-state index in [9.17, 15) is 4.39 Å². The van der Waals surface area contributed by atoms with Gasteiger partial charge in [0.1, 0.15) is 5.82 Å². The monoisotopic (exact) mass is 238 g/mol. The number of hydrogen-bond donors (Lipinski definition) is 1. The largest absolute Gasteiger partial charge is 0.326 e. The first kappa shape index (κ1) is 12.6. The molecular formula is C12H12ClFN2. The van der Waals surface area contributed by atoms with E-state index in [0.29, 0.717) is 6.54 Å². The highest BCUT2D eigenvalue weighted by Crippen LogP contribution is 2.22. The molecule has 0 atom stereocenters.